The number of benzene rings is 2. The van der Waals surface area contributed by atoms with Crippen LogP contribution in [0.5, 0.6) is 5.75 Å². The van der Waals surface area contributed by atoms with Gasteiger partial charge in [-0.05, 0) is 42.3 Å². The predicted molar refractivity (Wildman–Crippen MR) is 79.8 cm³/mol. The van der Waals surface area contributed by atoms with Gasteiger partial charge in [0.2, 0.25) is 0 Å². The van der Waals surface area contributed by atoms with E-state index < -0.39 is 11.5 Å². The smallest absolute Gasteiger partial charge is 0.347 e. The molecule has 0 bridgehead atoms. The molecule has 0 spiro atoms. The highest BCUT2D eigenvalue weighted by molar-refractivity contribution is 5.41. The fourth-order valence-corrected chi connectivity index (χ4v) is 2.32. The van der Waals surface area contributed by atoms with E-state index in [1.165, 1.54) is 16.7 Å². The van der Waals surface area contributed by atoms with Gasteiger partial charge in [0, 0.05) is 6.42 Å². The SMILES string of the molecule is Cc1ccc(F)cc1-n1c(Cc2ccc(O)cc2)n[nH]c1=O. The fourth-order valence-electron chi connectivity index (χ4n) is 2.32. The molecule has 22 heavy (non-hydrogen) atoms. The Balaban J connectivity index is 2.06. The Kier molecular flexibility index (Phi) is 3.50. The second-order valence-corrected chi connectivity index (χ2v) is 5.05. The minimum absolute atomic E-state index is 0.171. The quantitative estimate of drug-likeness (QED) is 0.779. The maximum absolute atomic E-state index is 13.5. The van der Waals surface area contributed by atoms with Gasteiger partial charge in [0.1, 0.15) is 17.4 Å². The number of hydrogen-bond acceptors (Lipinski definition) is 3. The van der Waals surface area contributed by atoms with Gasteiger partial charge in [0.15, 0.2) is 0 Å². The molecule has 6 heteroatoms. The Morgan fingerprint density at radius 2 is 1.95 bits per heavy atom. The van der Waals surface area contributed by atoms with Crippen LogP contribution in [0.3, 0.4) is 0 Å². The van der Waals surface area contributed by atoms with E-state index in [4.69, 9.17) is 0 Å². The normalized spacial score (nSPS) is 10.8. The van der Waals surface area contributed by atoms with Gasteiger partial charge in [-0.2, -0.15) is 5.10 Å². The first-order chi connectivity index (χ1) is 10.5. The van der Waals surface area contributed by atoms with Gasteiger partial charge in [0.25, 0.3) is 0 Å². The van der Waals surface area contributed by atoms with Crippen LogP contribution in [-0.4, -0.2) is 19.9 Å². The number of nitrogens with zero attached hydrogens (tertiary/aromatic N) is 2. The summed E-state index contributed by atoms with van der Waals surface area (Å²) in [5, 5.41) is 15.7. The summed E-state index contributed by atoms with van der Waals surface area (Å²) in [6.07, 6.45) is 0.384. The molecule has 1 aromatic heterocycles. The first kappa shape index (κ1) is 14.1. The molecule has 112 valence electrons. The summed E-state index contributed by atoms with van der Waals surface area (Å²) < 4.78 is 14.9. The number of aromatic hydroxyl groups is 1. The van der Waals surface area contributed by atoms with E-state index in [-0.39, 0.29) is 5.75 Å². The summed E-state index contributed by atoms with van der Waals surface area (Å²) in [5.74, 6) is 0.234. The zero-order chi connectivity index (χ0) is 15.7. The molecule has 0 aliphatic heterocycles. The van der Waals surface area contributed by atoms with Crippen LogP contribution in [0.4, 0.5) is 4.39 Å². The molecule has 0 unspecified atom stereocenters. The summed E-state index contributed by atoms with van der Waals surface area (Å²) >= 11 is 0. The van der Waals surface area contributed by atoms with Crippen molar-refractivity contribution in [1.29, 1.82) is 0 Å². The Morgan fingerprint density at radius 1 is 1.23 bits per heavy atom. The third kappa shape index (κ3) is 2.63. The number of halogens is 1. The first-order valence-electron chi connectivity index (χ1n) is 6.75. The molecule has 0 aliphatic carbocycles. The van der Waals surface area contributed by atoms with Gasteiger partial charge in [-0.15, -0.1) is 0 Å². The zero-order valence-corrected chi connectivity index (χ0v) is 11.9. The molecule has 0 atom stereocenters. The Labute approximate surface area is 125 Å². The second-order valence-electron chi connectivity index (χ2n) is 5.05. The Morgan fingerprint density at radius 3 is 2.68 bits per heavy atom. The number of rotatable bonds is 3. The van der Waals surface area contributed by atoms with E-state index in [0.717, 1.165) is 11.1 Å². The van der Waals surface area contributed by atoms with Crippen LogP contribution in [0, 0.1) is 12.7 Å². The molecule has 5 nitrogen and oxygen atoms in total. The highest BCUT2D eigenvalue weighted by atomic mass is 19.1. The summed E-state index contributed by atoms with van der Waals surface area (Å²) in [4.78, 5) is 12.0. The molecule has 0 saturated carbocycles. The number of aromatic nitrogens is 3. The summed E-state index contributed by atoms with van der Waals surface area (Å²) in [6.45, 7) is 1.80. The molecule has 0 aliphatic rings. The maximum atomic E-state index is 13.5. The molecule has 2 aromatic carbocycles. The molecule has 3 aromatic rings. The molecule has 0 fully saturated rings. The van der Waals surface area contributed by atoms with Crippen molar-refractivity contribution in [2.45, 2.75) is 13.3 Å². The van der Waals surface area contributed by atoms with E-state index in [1.807, 2.05) is 0 Å². The van der Waals surface area contributed by atoms with Crippen molar-refractivity contribution < 1.29 is 9.50 Å². The molecule has 0 radical (unpaired) electrons. The van der Waals surface area contributed by atoms with Crippen molar-refractivity contribution in [1.82, 2.24) is 14.8 Å². The van der Waals surface area contributed by atoms with Gasteiger partial charge in [0.05, 0.1) is 5.69 Å². The fraction of sp³-hybridized carbons (Fsp3) is 0.125. The highest BCUT2D eigenvalue weighted by Crippen LogP contribution is 2.17. The lowest BCUT2D eigenvalue weighted by Gasteiger charge is -2.09. The highest BCUT2D eigenvalue weighted by Gasteiger charge is 2.13. The van der Waals surface area contributed by atoms with Gasteiger partial charge < -0.3 is 5.11 Å². The lowest BCUT2D eigenvalue weighted by Crippen LogP contribution is -2.18. The molecule has 0 amide bonds. The van der Waals surface area contributed by atoms with Gasteiger partial charge in [-0.1, -0.05) is 18.2 Å². The van der Waals surface area contributed by atoms with Crippen LogP contribution in [0.1, 0.15) is 17.0 Å². The van der Waals surface area contributed by atoms with E-state index in [2.05, 4.69) is 10.2 Å². The minimum atomic E-state index is -0.414. The maximum Gasteiger partial charge on any atom is 0.347 e. The number of nitrogens with one attached hydrogen (secondary N) is 1. The molecule has 2 N–H and O–H groups in total. The molecular formula is C16H14FN3O2. The first-order valence-corrected chi connectivity index (χ1v) is 6.75. The lowest BCUT2D eigenvalue weighted by atomic mass is 10.1. The van der Waals surface area contributed by atoms with Crippen molar-refractivity contribution >= 4 is 0 Å². The van der Waals surface area contributed by atoms with E-state index in [1.54, 1.807) is 37.3 Å². The van der Waals surface area contributed by atoms with Crippen LogP contribution in [0.25, 0.3) is 5.69 Å². The van der Waals surface area contributed by atoms with Crippen LogP contribution in [0.2, 0.25) is 0 Å². The molecule has 1 heterocycles. The second kappa shape index (κ2) is 5.48. The third-order valence-electron chi connectivity index (χ3n) is 3.45. The Bertz CT molecular complexity index is 866. The van der Waals surface area contributed by atoms with Crippen LogP contribution >= 0.6 is 0 Å². The summed E-state index contributed by atoms with van der Waals surface area (Å²) in [5.41, 5.74) is 1.71. The van der Waals surface area contributed by atoms with E-state index >= 15 is 0 Å². The molecular weight excluding hydrogens is 285 g/mol. The van der Waals surface area contributed by atoms with E-state index in [0.29, 0.717) is 17.9 Å². The summed E-state index contributed by atoms with van der Waals surface area (Å²) in [6, 6.07) is 10.9. The van der Waals surface area contributed by atoms with Crippen LogP contribution < -0.4 is 5.69 Å². The average Bonchev–Trinajstić information content (AvgIpc) is 2.85. The van der Waals surface area contributed by atoms with Crippen LogP contribution in [-0.2, 0) is 6.42 Å². The minimum Gasteiger partial charge on any atom is -0.508 e. The number of aryl methyl sites for hydroxylation is 1. The van der Waals surface area contributed by atoms with Gasteiger partial charge in [-0.25, -0.2) is 18.9 Å². The third-order valence-corrected chi connectivity index (χ3v) is 3.45. The van der Waals surface area contributed by atoms with Crippen molar-refractivity contribution in [3.63, 3.8) is 0 Å². The number of phenolic OH excluding ortho intramolecular Hbond substituents is 1. The van der Waals surface area contributed by atoms with Gasteiger partial charge in [-0.3, -0.25) is 0 Å². The van der Waals surface area contributed by atoms with Crippen molar-refractivity contribution in [2.75, 3.05) is 0 Å². The van der Waals surface area contributed by atoms with Crippen molar-refractivity contribution in [3.05, 3.63) is 75.7 Å². The number of aromatic amines is 1. The Hall–Kier alpha value is -2.89. The van der Waals surface area contributed by atoms with Gasteiger partial charge >= 0.3 is 5.69 Å². The van der Waals surface area contributed by atoms with Crippen molar-refractivity contribution in [3.8, 4) is 11.4 Å². The summed E-state index contributed by atoms with van der Waals surface area (Å²) in [7, 11) is 0. The monoisotopic (exact) mass is 299 g/mol. The molecule has 0 saturated heterocycles. The van der Waals surface area contributed by atoms with Crippen molar-refractivity contribution in [2.24, 2.45) is 0 Å². The lowest BCUT2D eigenvalue weighted by molar-refractivity contribution is 0.475. The largest absolute Gasteiger partial charge is 0.508 e. The number of H-pyrrole nitrogens is 1. The zero-order valence-electron chi connectivity index (χ0n) is 11.9. The number of hydrogen-bond donors (Lipinski definition) is 2. The predicted octanol–water partition coefficient (Wildman–Crippen LogP) is 2.30. The van der Waals surface area contributed by atoms with Crippen LogP contribution in [0.15, 0.2) is 47.3 Å². The standard InChI is InChI=1S/C16H14FN3O2/c1-10-2-5-12(17)9-14(10)20-15(18-19-16(20)22)8-11-3-6-13(21)7-4-11/h2-7,9,21H,8H2,1H3,(H,19,22). The average molecular weight is 299 g/mol. The topological polar surface area (TPSA) is 70.9 Å². The number of phenols is 1. The molecule has 3 rings (SSSR count). The van der Waals surface area contributed by atoms with E-state index in [9.17, 15) is 14.3 Å².